The zero-order valence-corrected chi connectivity index (χ0v) is 17.2. The maximum Gasteiger partial charge on any atom is 0.320 e. The Morgan fingerprint density at radius 3 is 2.47 bits per heavy atom. The number of carboxylic acids is 1. The van der Waals surface area contributed by atoms with Gasteiger partial charge in [0, 0.05) is 30.2 Å². The van der Waals surface area contributed by atoms with Crippen molar-refractivity contribution in [3.63, 3.8) is 0 Å². The Morgan fingerprint density at radius 2 is 1.83 bits per heavy atom. The molecule has 2 aromatic heterocycles. The molecule has 0 unspecified atom stereocenters. The van der Waals surface area contributed by atoms with Crippen LogP contribution in [0.25, 0.3) is 11.3 Å². The van der Waals surface area contributed by atoms with Crippen LogP contribution in [0, 0.1) is 0 Å². The Hall–Kier alpha value is -3.32. The predicted octanol–water partition coefficient (Wildman–Crippen LogP) is 2.75. The molecule has 7 nitrogen and oxygen atoms in total. The van der Waals surface area contributed by atoms with Gasteiger partial charge in [0.15, 0.2) is 5.78 Å². The van der Waals surface area contributed by atoms with Crippen molar-refractivity contribution < 1.29 is 14.7 Å². The highest BCUT2D eigenvalue weighted by molar-refractivity contribution is 5.87. The molecule has 0 aliphatic carbocycles. The van der Waals surface area contributed by atoms with Crippen LogP contribution in [0.2, 0.25) is 0 Å². The van der Waals surface area contributed by atoms with Gasteiger partial charge in [-0.25, -0.2) is 0 Å². The monoisotopic (exact) mass is 406 g/mol. The lowest BCUT2D eigenvalue weighted by molar-refractivity contribution is -0.139. The SMILES string of the molecule is CCn1nc(-c2ccncc2)cc1CC(=O)[C@H](Cc1ccccc1)N[C@H](C)C(=O)O. The van der Waals surface area contributed by atoms with Gasteiger partial charge < -0.3 is 5.11 Å². The molecule has 3 aromatic rings. The van der Waals surface area contributed by atoms with Gasteiger partial charge >= 0.3 is 5.97 Å². The summed E-state index contributed by atoms with van der Waals surface area (Å²) in [5.74, 6) is -1.05. The smallest absolute Gasteiger partial charge is 0.320 e. The van der Waals surface area contributed by atoms with Gasteiger partial charge in [0.25, 0.3) is 0 Å². The lowest BCUT2D eigenvalue weighted by Crippen LogP contribution is -2.47. The number of hydrogen-bond acceptors (Lipinski definition) is 5. The summed E-state index contributed by atoms with van der Waals surface area (Å²) in [6, 6.07) is 13.8. The molecule has 7 heteroatoms. The van der Waals surface area contributed by atoms with Crippen LogP contribution in [0.1, 0.15) is 25.1 Å². The van der Waals surface area contributed by atoms with Crippen molar-refractivity contribution in [1.29, 1.82) is 0 Å². The van der Waals surface area contributed by atoms with Crippen LogP contribution in [0.5, 0.6) is 0 Å². The fourth-order valence-electron chi connectivity index (χ4n) is 3.33. The Bertz CT molecular complexity index is 986. The van der Waals surface area contributed by atoms with Crippen LogP contribution in [0.4, 0.5) is 0 Å². The highest BCUT2D eigenvalue weighted by atomic mass is 16.4. The molecule has 2 atom stereocenters. The molecule has 0 saturated carbocycles. The number of Topliss-reactive ketones (excluding diaryl/α,β-unsaturated/α-hetero) is 1. The summed E-state index contributed by atoms with van der Waals surface area (Å²) < 4.78 is 1.81. The molecule has 0 aliphatic rings. The van der Waals surface area contributed by atoms with Crippen LogP contribution in [0.15, 0.2) is 60.9 Å². The molecular formula is C23H26N4O3. The minimum atomic E-state index is -0.987. The summed E-state index contributed by atoms with van der Waals surface area (Å²) >= 11 is 0. The number of nitrogens with one attached hydrogen (secondary N) is 1. The number of aromatic nitrogens is 3. The van der Waals surface area contributed by atoms with Gasteiger partial charge in [-0.1, -0.05) is 30.3 Å². The van der Waals surface area contributed by atoms with E-state index in [1.165, 1.54) is 0 Å². The molecule has 30 heavy (non-hydrogen) atoms. The second kappa shape index (κ2) is 9.93. The topological polar surface area (TPSA) is 97.1 Å². The first-order valence-corrected chi connectivity index (χ1v) is 10.0. The van der Waals surface area contributed by atoms with E-state index in [1.807, 2.05) is 60.1 Å². The fourth-order valence-corrected chi connectivity index (χ4v) is 3.33. The number of nitrogens with zero attached hydrogens (tertiary/aromatic N) is 3. The van der Waals surface area contributed by atoms with Crippen molar-refractivity contribution in [2.45, 2.75) is 45.3 Å². The molecule has 2 heterocycles. The van der Waals surface area contributed by atoms with Crippen molar-refractivity contribution in [2.24, 2.45) is 0 Å². The minimum absolute atomic E-state index is 0.0668. The number of benzene rings is 1. The number of aliphatic carboxylic acids is 1. The van der Waals surface area contributed by atoms with Crippen LogP contribution >= 0.6 is 0 Å². The maximum atomic E-state index is 13.2. The summed E-state index contributed by atoms with van der Waals surface area (Å²) in [7, 11) is 0. The van der Waals surface area contributed by atoms with E-state index in [-0.39, 0.29) is 12.2 Å². The van der Waals surface area contributed by atoms with Gasteiger partial charge in [0.2, 0.25) is 0 Å². The highest BCUT2D eigenvalue weighted by Crippen LogP contribution is 2.19. The van der Waals surface area contributed by atoms with Crippen molar-refractivity contribution in [2.75, 3.05) is 0 Å². The van der Waals surface area contributed by atoms with E-state index in [0.717, 1.165) is 22.5 Å². The molecule has 0 aliphatic heterocycles. The van der Waals surface area contributed by atoms with Crippen molar-refractivity contribution >= 4 is 11.8 Å². The standard InChI is InChI=1S/C23H26N4O3/c1-3-27-19(14-20(26-27)18-9-11-24-12-10-18)15-22(28)21(25-16(2)23(29)30)13-17-7-5-4-6-8-17/h4-12,14,16,21,25H,3,13,15H2,1-2H3,(H,29,30)/t16-,21+/m1/s1. The molecule has 1 aromatic carbocycles. The van der Waals surface area contributed by atoms with E-state index in [4.69, 9.17) is 0 Å². The van der Waals surface area contributed by atoms with E-state index < -0.39 is 18.1 Å². The first-order chi connectivity index (χ1) is 14.5. The molecule has 0 radical (unpaired) electrons. The second-order valence-corrected chi connectivity index (χ2v) is 7.18. The Morgan fingerprint density at radius 1 is 1.13 bits per heavy atom. The number of rotatable bonds is 10. The van der Waals surface area contributed by atoms with Crippen molar-refractivity contribution in [1.82, 2.24) is 20.1 Å². The molecule has 0 fully saturated rings. The summed E-state index contributed by atoms with van der Waals surface area (Å²) in [5.41, 5.74) is 3.50. The number of ketones is 1. The predicted molar refractivity (Wildman–Crippen MR) is 114 cm³/mol. The van der Waals surface area contributed by atoms with Gasteiger partial charge in [0.05, 0.1) is 18.2 Å². The third kappa shape index (κ3) is 5.39. The van der Waals surface area contributed by atoms with E-state index >= 15 is 0 Å². The lowest BCUT2D eigenvalue weighted by atomic mass is 9.98. The zero-order valence-electron chi connectivity index (χ0n) is 17.2. The van der Waals surface area contributed by atoms with Gasteiger partial charge in [0.1, 0.15) is 6.04 Å². The van der Waals surface area contributed by atoms with Gasteiger partial charge in [-0.2, -0.15) is 5.10 Å². The molecule has 0 saturated heterocycles. The molecule has 2 N–H and O–H groups in total. The molecule has 0 amide bonds. The van der Waals surface area contributed by atoms with Crippen LogP contribution in [0.3, 0.4) is 0 Å². The largest absolute Gasteiger partial charge is 0.480 e. The molecule has 0 spiro atoms. The van der Waals surface area contributed by atoms with Gasteiger partial charge in [-0.3, -0.25) is 24.6 Å². The van der Waals surface area contributed by atoms with Crippen molar-refractivity contribution in [3.05, 3.63) is 72.2 Å². The maximum absolute atomic E-state index is 13.2. The number of carbonyl (C=O) groups is 2. The third-order valence-corrected chi connectivity index (χ3v) is 4.99. The molecular weight excluding hydrogens is 380 g/mol. The van der Waals surface area contributed by atoms with Crippen molar-refractivity contribution in [3.8, 4) is 11.3 Å². The molecule has 0 bridgehead atoms. The van der Waals surface area contributed by atoms with E-state index in [2.05, 4.69) is 15.4 Å². The summed E-state index contributed by atoms with van der Waals surface area (Å²) in [6.07, 6.45) is 4.01. The van der Waals surface area contributed by atoms with Crippen LogP contribution in [-0.2, 0) is 29.0 Å². The quantitative estimate of drug-likeness (QED) is 0.537. The minimum Gasteiger partial charge on any atom is -0.480 e. The average molecular weight is 406 g/mol. The summed E-state index contributed by atoms with van der Waals surface area (Å²) in [5, 5.41) is 16.9. The third-order valence-electron chi connectivity index (χ3n) is 4.99. The zero-order chi connectivity index (χ0) is 21.5. The van der Waals surface area contributed by atoms with E-state index in [9.17, 15) is 14.7 Å². The number of carboxylic acid groups (broad SMARTS) is 1. The van der Waals surface area contributed by atoms with Gasteiger partial charge in [-0.05, 0) is 44.0 Å². The Kier molecular flexibility index (Phi) is 7.08. The average Bonchev–Trinajstić information content (AvgIpc) is 3.17. The lowest BCUT2D eigenvalue weighted by Gasteiger charge is -2.20. The first kappa shape index (κ1) is 21.4. The number of aryl methyl sites for hydroxylation is 1. The second-order valence-electron chi connectivity index (χ2n) is 7.18. The number of carbonyl (C=O) groups excluding carboxylic acids is 1. The number of pyridine rings is 1. The van der Waals surface area contributed by atoms with Crippen LogP contribution < -0.4 is 5.32 Å². The summed E-state index contributed by atoms with van der Waals surface area (Å²) in [6.45, 7) is 4.16. The van der Waals surface area contributed by atoms with Gasteiger partial charge in [-0.15, -0.1) is 0 Å². The Labute approximate surface area is 175 Å². The number of hydrogen-bond donors (Lipinski definition) is 2. The van der Waals surface area contributed by atoms with E-state index in [1.54, 1.807) is 19.3 Å². The molecule has 156 valence electrons. The Balaban J connectivity index is 1.82. The van der Waals surface area contributed by atoms with E-state index in [0.29, 0.717) is 13.0 Å². The normalized spacial score (nSPS) is 13.0. The highest BCUT2D eigenvalue weighted by Gasteiger charge is 2.25. The molecule has 3 rings (SSSR count). The summed E-state index contributed by atoms with van der Waals surface area (Å²) in [4.78, 5) is 28.5. The fraction of sp³-hybridized carbons (Fsp3) is 0.304. The first-order valence-electron chi connectivity index (χ1n) is 10.0. The van der Waals surface area contributed by atoms with Crippen LogP contribution in [-0.4, -0.2) is 43.7 Å².